The third kappa shape index (κ3) is 4.95. The molecule has 4 N–H and O–H groups in total. The predicted molar refractivity (Wildman–Crippen MR) is 65.3 cm³/mol. The van der Waals surface area contributed by atoms with Crippen LogP contribution >= 0.6 is 0 Å². The predicted octanol–water partition coefficient (Wildman–Crippen LogP) is 0.722. The van der Waals surface area contributed by atoms with Crippen LogP contribution in [0.1, 0.15) is 19.4 Å². The number of amides is 1. The van der Waals surface area contributed by atoms with Gasteiger partial charge in [-0.1, -0.05) is 44.2 Å². The molecule has 1 aromatic rings. The maximum atomic E-state index is 11.4. The normalized spacial score (nSPS) is 12.5. The first-order chi connectivity index (χ1) is 8.11. The van der Waals surface area contributed by atoms with Crippen molar-refractivity contribution in [1.29, 1.82) is 0 Å². The first-order valence-electron chi connectivity index (χ1n) is 5.59. The Kier molecular flexibility index (Phi) is 5.62. The van der Waals surface area contributed by atoms with Crippen molar-refractivity contribution in [3.8, 4) is 0 Å². The van der Waals surface area contributed by atoms with E-state index in [9.17, 15) is 4.79 Å². The van der Waals surface area contributed by atoms with Gasteiger partial charge in [-0.25, -0.2) is 5.48 Å². The molecule has 0 aliphatic heterocycles. The SMILES string of the molecule is CC(C)[C@H](N)C(=O)NONCc1ccccc1. The third-order valence-corrected chi connectivity index (χ3v) is 2.36. The fourth-order valence-corrected chi connectivity index (χ4v) is 1.17. The van der Waals surface area contributed by atoms with Crippen LogP contribution < -0.4 is 16.7 Å². The summed E-state index contributed by atoms with van der Waals surface area (Å²) in [5, 5.41) is 0. The van der Waals surface area contributed by atoms with Gasteiger partial charge in [-0.15, -0.1) is 0 Å². The van der Waals surface area contributed by atoms with Crippen molar-refractivity contribution in [2.75, 3.05) is 0 Å². The van der Waals surface area contributed by atoms with Crippen LogP contribution in [-0.4, -0.2) is 11.9 Å². The molecule has 17 heavy (non-hydrogen) atoms. The fourth-order valence-electron chi connectivity index (χ4n) is 1.17. The highest BCUT2D eigenvalue weighted by atomic mass is 16.8. The Morgan fingerprint density at radius 3 is 2.59 bits per heavy atom. The summed E-state index contributed by atoms with van der Waals surface area (Å²) >= 11 is 0. The lowest BCUT2D eigenvalue weighted by Gasteiger charge is -2.14. The maximum absolute atomic E-state index is 11.4. The van der Waals surface area contributed by atoms with Gasteiger partial charge in [0.2, 0.25) is 0 Å². The molecule has 0 bridgehead atoms. The van der Waals surface area contributed by atoms with Crippen LogP contribution in [0.5, 0.6) is 0 Å². The van der Waals surface area contributed by atoms with Gasteiger partial charge in [-0.05, 0) is 11.5 Å². The number of hydroxylamine groups is 2. The van der Waals surface area contributed by atoms with E-state index in [0.29, 0.717) is 6.54 Å². The molecular weight excluding hydrogens is 218 g/mol. The van der Waals surface area contributed by atoms with Gasteiger partial charge in [0.1, 0.15) is 0 Å². The minimum Gasteiger partial charge on any atom is -0.320 e. The van der Waals surface area contributed by atoms with Gasteiger partial charge in [0.05, 0.1) is 6.04 Å². The van der Waals surface area contributed by atoms with E-state index in [1.165, 1.54) is 0 Å². The molecular formula is C12H19N3O2. The van der Waals surface area contributed by atoms with Crippen molar-refractivity contribution in [2.24, 2.45) is 11.7 Å². The summed E-state index contributed by atoms with van der Waals surface area (Å²) in [5.41, 5.74) is 11.6. The summed E-state index contributed by atoms with van der Waals surface area (Å²) in [6.07, 6.45) is 0. The van der Waals surface area contributed by atoms with Crippen molar-refractivity contribution in [3.63, 3.8) is 0 Å². The molecule has 94 valence electrons. The molecule has 5 heteroatoms. The summed E-state index contributed by atoms with van der Waals surface area (Å²) in [4.78, 5) is 16.2. The van der Waals surface area contributed by atoms with Crippen LogP contribution in [0.15, 0.2) is 30.3 Å². The molecule has 0 saturated carbocycles. The Balaban J connectivity index is 2.18. The molecule has 1 atom stereocenters. The Bertz CT molecular complexity index is 341. The third-order valence-electron chi connectivity index (χ3n) is 2.36. The minimum absolute atomic E-state index is 0.0766. The summed E-state index contributed by atoms with van der Waals surface area (Å²) in [5.74, 6) is -0.256. The van der Waals surface area contributed by atoms with Crippen LogP contribution in [-0.2, 0) is 16.3 Å². The van der Waals surface area contributed by atoms with Gasteiger partial charge in [0.25, 0.3) is 5.91 Å². The smallest absolute Gasteiger partial charge is 0.262 e. The molecule has 1 aromatic carbocycles. The van der Waals surface area contributed by atoms with Crippen LogP contribution in [0.2, 0.25) is 0 Å². The van der Waals surface area contributed by atoms with Crippen molar-refractivity contribution < 1.29 is 9.73 Å². The number of carbonyl (C=O) groups excluding carboxylic acids is 1. The Labute approximate surface area is 101 Å². The average Bonchev–Trinajstić information content (AvgIpc) is 2.34. The van der Waals surface area contributed by atoms with Gasteiger partial charge in [-0.3, -0.25) is 4.79 Å². The quantitative estimate of drug-likeness (QED) is 0.503. The van der Waals surface area contributed by atoms with Crippen LogP contribution in [0.25, 0.3) is 0 Å². The van der Waals surface area contributed by atoms with Crippen LogP contribution in [0.4, 0.5) is 0 Å². The van der Waals surface area contributed by atoms with E-state index >= 15 is 0 Å². The van der Waals surface area contributed by atoms with Gasteiger partial charge in [0.15, 0.2) is 0 Å². The Morgan fingerprint density at radius 2 is 2.00 bits per heavy atom. The molecule has 1 rings (SSSR count). The fraction of sp³-hybridized carbons (Fsp3) is 0.417. The molecule has 0 heterocycles. The number of nitrogens with one attached hydrogen (secondary N) is 2. The molecule has 0 aromatic heterocycles. The molecule has 0 aliphatic carbocycles. The Hall–Kier alpha value is -1.43. The zero-order valence-corrected chi connectivity index (χ0v) is 10.1. The van der Waals surface area contributed by atoms with Gasteiger partial charge >= 0.3 is 0 Å². The standard InChI is InChI=1S/C12H19N3O2/c1-9(2)11(13)12(16)15-17-14-8-10-6-4-3-5-7-10/h3-7,9,11,14H,8,13H2,1-2H3,(H,15,16)/t11-/m0/s1. The monoisotopic (exact) mass is 237 g/mol. The molecule has 0 fully saturated rings. The van der Waals surface area contributed by atoms with Crippen molar-refractivity contribution in [1.82, 2.24) is 11.0 Å². The summed E-state index contributed by atoms with van der Waals surface area (Å²) in [6, 6.07) is 9.16. The molecule has 5 nitrogen and oxygen atoms in total. The molecule has 1 amide bonds. The zero-order valence-electron chi connectivity index (χ0n) is 10.1. The number of carbonyl (C=O) groups is 1. The van der Waals surface area contributed by atoms with E-state index in [1.54, 1.807) is 0 Å². The van der Waals surface area contributed by atoms with E-state index in [-0.39, 0.29) is 11.8 Å². The highest BCUT2D eigenvalue weighted by Gasteiger charge is 2.16. The molecule has 0 saturated heterocycles. The van der Waals surface area contributed by atoms with Crippen molar-refractivity contribution in [2.45, 2.75) is 26.4 Å². The second-order valence-corrected chi connectivity index (χ2v) is 4.14. The topological polar surface area (TPSA) is 76.4 Å². The van der Waals surface area contributed by atoms with Crippen LogP contribution in [0, 0.1) is 5.92 Å². The van der Waals surface area contributed by atoms with Gasteiger partial charge in [0, 0.05) is 6.54 Å². The Morgan fingerprint density at radius 1 is 1.35 bits per heavy atom. The second kappa shape index (κ2) is 7.01. The lowest BCUT2D eigenvalue weighted by molar-refractivity contribution is -0.143. The number of hydrogen-bond acceptors (Lipinski definition) is 4. The van der Waals surface area contributed by atoms with Crippen molar-refractivity contribution in [3.05, 3.63) is 35.9 Å². The highest BCUT2D eigenvalue weighted by molar-refractivity contribution is 5.80. The lowest BCUT2D eigenvalue weighted by Crippen LogP contribution is -2.45. The molecule has 0 aliphatic rings. The minimum atomic E-state index is -0.562. The first kappa shape index (κ1) is 13.6. The summed E-state index contributed by atoms with van der Waals surface area (Å²) in [6.45, 7) is 4.27. The second-order valence-electron chi connectivity index (χ2n) is 4.14. The van der Waals surface area contributed by atoms with Gasteiger partial charge < -0.3 is 5.73 Å². The zero-order chi connectivity index (χ0) is 12.7. The van der Waals surface area contributed by atoms with Crippen LogP contribution in [0.3, 0.4) is 0 Å². The first-order valence-corrected chi connectivity index (χ1v) is 5.59. The van der Waals surface area contributed by atoms with E-state index < -0.39 is 6.04 Å². The molecule has 0 spiro atoms. The maximum Gasteiger partial charge on any atom is 0.262 e. The largest absolute Gasteiger partial charge is 0.320 e. The molecule has 0 radical (unpaired) electrons. The van der Waals surface area contributed by atoms with E-state index in [4.69, 9.17) is 10.7 Å². The van der Waals surface area contributed by atoms with Crippen molar-refractivity contribution >= 4 is 5.91 Å². The van der Waals surface area contributed by atoms with E-state index in [0.717, 1.165) is 5.56 Å². The summed E-state index contributed by atoms with van der Waals surface area (Å²) < 4.78 is 0. The number of rotatable bonds is 6. The lowest BCUT2D eigenvalue weighted by atomic mass is 10.1. The average molecular weight is 237 g/mol. The van der Waals surface area contributed by atoms with Gasteiger partial charge in [-0.2, -0.15) is 10.4 Å². The molecule has 0 unspecified atom stereocenters. The van der Waals surface area contributed by atoms with E-state index in [2.05, 4.69) is 11.0 Å². The number of benzene rings is 1. The summed E-state index contributed by atoms with van der Waals surface area (Å²) in [7, 11) is 0. The highest BCUT2D eigenvalue weighted by Crippen LogP contribution is 1.98. The van der Waals surface area contributed by atoms with E-state index in [1.807, 2.05) is 44.2 Å². The number of hydrogen-bond donors (Lipinski definition) is 3. The number of nitrogens with two attached hydrogens (primary N) is 1.